The van der Waals surface area contributed by atoms with E-state index in [2.05, 4.69) is 38.8 Å². The van der Waals surface area contributed by atoms with Crippen molar-refractivity contribution in [1.29, 1.82) is 0 Å². The maximum atomic E-state index is 12.1. The van der Waals surface area contributed by atoms with Crippen molar-refractivity contribution < 1.29 is 4.79 Å². The molecule has 0 spiro atoms. The lowest BCUT2D eigenvalue weighted by Crippen LogP contribution is -2.49. The first kappa shape index (κ1) is 12.7. The molecule has 0 aliphatic heterocycles. The minimum atomic E-state index is -0.689. The number of benzene rings is 1. The molecule has 2 rings (SSSR count). The minimum absolute atomic E-state index is 0.0530. The molecule has 2 heteroatoms. The predicted molar refractivity (Wildman–Crippen MR) is 73.0 cm³/mol. The van der Waals surface area contributed by atoms with Crippen molar-refractivity contribution in [2.75, 3.05) is 0 Å². The minimum Gasteiger partial charge on any atom is -0.369 e. The molecule has 1 amide bonds. The van der Waals surface area contributed by atoms with Gasteiger partial charge >= 0.3 is 0 Å². The summed E-state index contributed by atoms with van der Waals surface area (Å²) in [6, 6.07) is 8.15. The van der Waals surface area contributed by atoms with Gasteiger partial charge in [0.2, 0.25) is 5.91 Å². The molecular weight excluding hydrogens is 222 g/mol. The highest BCUT2D eigenvalue weighted by Crippen LogP contribution is 2.60. The Labute approximate surface area is 109 Å². The normalized spacial score (nSPS) is 28.4. The number of amides is 1. The van der Waals surface area contributed by atoms with Gasteiger partial charge in [0.05, 0.1) is 5.41 Å². The number of terminal acetylenes is 1. The average molecular weight is 241 g/mol. The Bertz CT molecular complexity index is 538. The van der Waals surface area contributed by atoms with E-state index in [9.17, 15) is 4.79 Å². The molecule has 1 aromatic rings. The van der Waals surface area contributed by atoms with Gasteiger partial charge in [0.25, 0.3) is 0 Å². The molecule has 94 valence electrons. The highest BCUT2D eigenvalue weighted by Gasteiger charge is 2.59. The summed E-state index contributed by atoms with van der Waals surface area (Å²) in [7, 11) is 0. The van der Waals surface area contributed by atoms with Crippen LogP contribution in [0.2, 0.25) is 0 Å². The van der Waals surface area contributed by atoms with Crippen molar-refractivity contribution >= 4 is 5.91 Å². The molecule has 0 aromatic heterocycles. The second-order valence-electron chi connectivity index (χ2n) is 5.65. The standard InChI is InChI=1S/C16H19NO/c1-5-10-16(14(17)18)11(2)12-8-6-7-9-13(12)15(16,3)4/h1,6-9,11H,10H2,2-4H3,(H2,17,18). The molecule has 1 aliphatic carbocycles. The zero-order valence-electron chi connectivity index (χ0n) is 11.2. The molecule has 2 N–H and O–H groups in total. The second kappa shape index (κ2) is 3.88. The Balaban J connectivity index is 2.73. The Morgan fingerprint density at radius 2 is 2.06 bits per heavy atom. The highest BCUT2D eigenvalue weighted by atomic mass is 16.1. The van der Waals surface area contributed by atoms with Crippen LogP contribution >= 0.6 is 0 Å². The Morgan fingerprint density at radius 1 is 1.44 bits per heavy atom. The van der Waals surface area contributed by atoms with Gasteiger partial charge < -0.3 is 5.73 Å². The number of fused-ring (bicyclic) bond motifs is 1. The van der Waals surface area contributed by atoms with Gasteiger partial charge in [-0.25, -0.2) is 0 Å². The van der Waals surface area contributed by atoms with E-state index < -0.39 is 5.41 Å². The van der Waals surface area contributed by atoms with E-state index in [0.717, 1.165) is 0 Å². The van der Waals surface area contributed by atoms with Crippen LogP contribution in [-0.4, -0.2) is 5.91 Å². The van der Waals surface area contributed by atoms with Crippen LogP contribution in [0, 0.1) is 17.8 Å². The van der Waals surface area contributed by atoms with E-state index >= 15 is 0 Å². The van der Waals surface area contributed by atoms with Crippen LogP contribution in [0.3, 0.4) is 0 Å². The molecule has 2 nitrogen and oxygen atoms in total. The molecular formula is C16H19NO. The number of rotatable bonds is 2. The maximum absolute atomic E-state index is 12.1. The number of hydrogen-bond acceptors (Lipinski definition) is 1. The molecule has 0 bridgehead atoms. The van der Waals surface area contributed by atoms with E-state index in [4.69, 9.17) is 12.2 Å². The molecule has 1 aromatic carbocycles. The summed E-state index contributed by atoms with van der Waals surface area (Å²) in [4.78, 5) is 12.1. The second-order valence-corrected chi connectivity index (χ2v) is 5.65. The van der Waals surface area contributed by atoms with Crippen LogP contribution in [0.15, 0.2) is 24.3 Å². The van der Waals surface area contributed by atoms with Gasteiger partial charge in [-0.2, -0.15) is 0 Å². The molecule has 0 saturated heterocycles. The molecule has 0 heterocycles. The van der Waals surface area contributed by atoms with Gasteiger partial charge in [-0.3, -0.25) is 4.79 Å². The summed E-state index contributed by atoms with van der Waals surface area (Å²) in [5, 5.41) is 0. The van der Waals surface area contributed by atoms with Crippen molar-refractivity contribution in [2.24, 2.45) is 11.1 Å². The van der Waals surface area contributed by atoms with Crippen LogP contribution in [-0.2, 0) is 10.2 Å². The average Bonchev–Trinajstić information content (AvgIpc) is 2.50. The highest BCUT2D eigenvalue weighted by molar-refractivity contribution is 5.86. The van der Waals surface area contributed by atoms with Crippen LogP contribution < -0.4 is 5.73 Å². The van der Waals surface area contributed by atoms with E-state index in [1.54, 1.807) is 0 Å². The molecule has 0 fully saturated rings. The Hall–Kier alpha value is -1.75. The summed E-state index contributed by atoms with van der Waals surface area (Å²) in [5.74, 6) is 2.41. The third-order valence-corrected chi connectivity index (χ3v) is 4.78. The lowest BCUT2D eigenvalue weighted by molar-refractivity contribution is -0.131. The quantitative estimate of drug-likeness (QED) is 0.795. The predicted octanol–water partition coefficient (Wildman–Crippen LogP) is 2.58. The molecule has 0 saturated carbocycles. The van der Waals surface area contributed by atoms with Gasteiger partial charge in [-0.1, -0.05) is 45.0 Å². The summed E-state index contributed by atoms with van der Waals surface area (Å²) >= 11 is 0. The number of nitrogens with two attached hydrogens (primary N) is 1. The zero-order chi connectivity index (χ0) is 13.6. The van der Waals surface area contributed by atoms with Crippen molar-refractivity contribution in [3.05, 3.63) is 35.4 Å². The number of hydrogen-bond donors (Lipinski definition) is 1. The third kappa shape index (κ3) is 1.28. The molecule has 1 aliphatic rings. The van der Waals surface area contributed by atoms with Crippen LogP contribution in [0.4, 0.5) is 0 Å². The fourth-order valence-corrected chi connectivity index (χ4v) is 3.63. The van der Waals surface area contributed by atoms with E-state index in [-0.39, 0.29) is 17.2 Å². The van der Waals surface area contributed by atoms with Gasteiger partial charge in [0.1, 0.15) is 0 Å². The maximum Gasteiger partial charge on any atom is 0.226 e. The van der Waals surface area contributed by atoms with Crippen molar-refractivity contribution in [1.82, 2.24) is 0 Å². The first-order valence-electron chi connectivity index (χ1n) is 6.22. The van der Waals surface area contributed by atoms with Crippen molar-refractivity contribution in [2.45, 2.75) is 38.5 Å². The van der Waals surface area contributed by atoms with Gasteiger partial charge in [-0.15, -0.1) is 12.3 Å². The summed E-state index contributed by atoms with van der Waals surface area (Å²) in [6.45, 7) is 6.19. The molecule has 0 radical (unpaired) electrons. The smallest absolute Gasteiger partial charge is 0.226 e. The first-order valence-corrected chi connectivity index (χ1v) is 6.22. The molecule has 18 heavy (non-hydrogen) atoms. The van der Waals surface area contributed by atoms with E-state index in [1.807, 2.05) is 12.1 Å². The number of primary amides is 1. The zero-order valence-corrected chi connectivity index (χ0v) is 11.2. The summed E-state index contributed by atoms with van der Waals surface area (Å²) in [6.07, 6.45) is 5.87. The monoisotopic (exact) mass is 241 g/mol. The van der Waals surface area contributed by atoms with Gasteiger partial charge in [0.15, 0.2) is 0 Å². The topological polar surface area (TPSA) is 43.1 Å². The lowest BCUT2D eigenvalue weighted by Gasteiger charge is -2.41. The third-order valence-electron chi connectivity index (χ3n) is 4.78. The fourth-order valence-electron chi connectivity index (χ4n) is 3.63. The van der Waals surface area contributed by atoms with E-state index in [0.29, 0.717) is 6.42 Å². The fraction of sp³-hybridized carbons (Fsp3) is 0.438. The summed E-state index contributed by atoms with van der Waals surface area (Å²) < 4.78 is 0. The number of carbonyl (C=O) groups excluding carboxylic acids is 1. The molecule has 2 unspecified atom stereocenters. The first-order chi connectivity index (χ1) is 8.39. The Morgan fingerprint density at radius 3 is 2.56 bits per heavy atom. The summed E-state index contributed by atoms with van der Waals surface area (Å²) in [5.41, 5.74) is 7.09. The largest absolute Gasteiger partial charge is 0.369 e. The van der Waals surface area contributed by atoms with E-state index in [1.165, 1.54) is 11.1 Å². The SMILES string of the molecule is C#CCC1(C(N)=O)C(C)c2ccccc2C1(C)C. The van der Waals surface area contributed by atoms with Crippen LogP contribution in [0.25, 0.3) is 0 Å². The van der Waals surface area contributed by atoms with Crippen molar-refractivity contribution in [3.63, 3.8) is 0 Å². The van der Waals surface area contributed by atoms with Crippen LogP contribution in [0.5, 0.6) is 0 Å². The lowest BCUT2D eigenvalue weighted by atomic mass is 9.60. The molecule has 2 atom stereocenters. The number of carbonyl (C=O) groups is 1. The van der Waals surface area contributed by atoms with Crippen LogP contribution in [0.1, 0.15) is 44.2 Å². The van der Waals surface area contributed by atoms with Gasteiger partial charge in [-0.05, 0) is 17.0 Å². The Kier molecular flexibility index (Phi) is 2.74. The van der Waals surface area contributed by atoms with Gasteiger partial charge in [0, 0.05) is 11.8 Å². The van der Waals surface area contributed by atoms with Crippen molar-refractivity contribution in [3.8, 4) is 12.3 Å².